The van der Waals surface area contributed by atoms with Crippen LogP contribution in [0.4, 0.5) is 22.7 Å². The molecular weight excluding hydrogens is 534 g/mol. The average Bonchev–Trinajstić information content (AvgIpc) is 3.51. The Labute approximate surface area is 250 Å². The maximum absolute atomic E-state index is 12.6. The minimum absolute atomic E-state index is 0.177. The highest BCUT2D eigenvalue weighted by Crippen LogP contribution is 2.24. The molecule has 0 atom stereocenters. The van der Waals surface area contributed by atoms with Gasteiger partial charge in [-0.1, -0.05) is 13.8 Å². The number of imidazole rings is 1. The summed E-state index contributed by atoms with van der Waals surface area (Å²) in [6.45, 7) is 13.2. The summed E-state index contributed by atoms with van der Waals surface area (Å²) in [5, 5.41) is 6.63. The van der Waals surface area contributed by atoms with Crippen LogP contribution in [-0.4, -0.2) is 46.6 Å². The van der Waals surface area contributed by atoms with Crippen LogP contribution in [0.1, 0.15) is 41.0 Å². The Bertz CT molecular complexity index is 1280. The molecule has 9 heteroatoms. The normalized spacial score (nSPS) is 13.4. The molecule has 1 aliphatic rings. The molecule has 2 aromatic carbocycles. The van der Waals surface area contributed by atoms with E-state index in [4.69, 9.17) is 10.7 Å². The van der Waals surface area contributed by atoms with Crippen molar-refractivity contribution in [2.45, 2.75) is 53.6 Å². The maximum atomic E-state index is 12.6. The van der Waals surface area contributed by atoms with Crippen molar-refractivity contribution in [1.82, 2.24) is 9.55 Å². The van der Waals surface area contributed by atoms with Gasteiger partial charge < -0.3 is 25.8 Å². The highest BCUT2D eigenvalue weighted by Gasteiger charge is 2.17. The lowest BCUT2D eigenvalue weighted by atomic mass is 10.1. The number of ketones is 1. The van der Waals surface area contributed by atoms with Gasteiger partial charge in [0.05, 0.1) is 29.1 Å². The summed E-state index contributed by atoms with van der Waals surface area (Å²) in [5.41, 5.74) is 11.2. The van der Waals surface area contributed by atoms with Crippen molar-refractivity contribution < 1.29 is 4.79 Å². The van der Waals surface area contributed by atoms with Crippen molar-refractivity contribution in [3.05, 3.63) is 90.8 Å². The molecule has 0 radical (unpaired) electrons. The van der Waals surface area contributed by atoms with Crippen molar-refractivity contribution in [2.24, 2.45) is 10.7 Å². The Morgan fingerprint density at radius 3 is 2.27 bits per heavy atom. The van der Waals surface area contributed by atoms with Gasteiger partial charge in [0.15, 0.2) is 0 Å². The lowest BCUT2D eigenvalue weighted by molar-refractivity contribution is -0.111. The number of allylic oxidation sites excluding steroid dienone is 2. The summed E-state index contributed by atoms with van der Waals surface area (Å²) in [7, 11) is 0. The molecule has 0 bridgehead atoms. The number of nitrogens with two attached hydrogens (primary N) is 1. The van der Waals surface area contributed by atoms with Gasteiger partial charge in [0.25, 0.3) is 0 Å². The molecule has 0 spiro atoms. The van der Waals surface area contributed by atoms with Crippen LogP contribution in [0.2, 0.25) is 0 Å². The third kappa shape index (κ3) is 10.1. The highest BCUT2D eigenvalue weighted by atomic mass is 35.5. The molecule has 3 aromatic rings. The average molecular weight is 578 g/mol. The number of benzene rings is 2. The number of nitrogens with one attached hydrogen (secondary N) is 2. The van der Waals surface area contributed by atoms with Gasteiger partial charge in [-0.3, -0.25) is 4.79 Å². The molecule has 0 unspecified atom stereocenters. The minimum atomic E-state index is -0.177. The molecule has 0 amide bonds. The second-order valence-corrected chi connectivity index (χ2v) is 9.20. The molecule has 0 saturated heterocycles. The smallest absolute Gasteiger partial charge is 0.204 e. The van der Waals surface area contributed by atoms with Gasteiger partial charge in [-0.05, 0) is 81.8 Å². The van der Waals surface area contributed by atoms with E-state index in [9.17, 15) is 4.79 Å². The predicted molar refractivity (Wildman–Crippen MR) is 176 cm³/mol. The summed E-state index contributed by atoms with van der Waals surface area (Å²) in [4.78, 5) is 23.7. The van der Waals surface area contributed by atoms with Gasteiger partial charge in [-0.2, -0.15) is 0 Å². The lowest BCUT2D eigenvalue weighted by Crippen LogP contribution is -2.30. The number of hydrogen-bond acceptors (Lipinski definition) is 7. The van der Waals surface area contributed by atoms with E-state index in [-0.39, 0.29) is 5.78 Å². The second-order valence-electron chi connectivity index (χ2n) is 9.20. The monoisotopic (exact) mass is 577 g/mol. The zero-order chi connectivity index (χ0) is 30.2. The molecule has 4 rings (SSSR count). The molecule has 1 aromatic heterocycles. The largest absolute Gasteiger partial charge is 0.397 e. The van der Waals surface area contributed by atoms with Crippen LogP contribution < -0.4 is 21.3 Å². The van der Waals surface area contributed by atoms with Gasteiger partial charge in [0.2, 0.25) is 5.78 Å². The quantitative estimate of drug-likeness (QED) is 0.129. The molecular formula is C32H44ClN7O. The van der Waals surface area contributed by atoms with Crippen molar-refractivity contribution in [2.75, 3.05) is 35.0 Å². The number of anilines is 3. The zero-order valence-electron chi connectivity index (χ0n) is 25.1. The lowest BCUT2D eigenvalue weighted by Gasteiger charge is -2.27. The molecule has 8 nitrogen and oxygen atoms in total. The van der Waals surface area contributed by atoms with E-state index >= 15 is 0 Å². The summed E-state index contributed by atoms with van der Waals surface area (Å²) in [6.07, 6.45) is 11.2. The van der Waals surface area contributed by atoms with Gasteiger partial charge in [0.1, 0.15) is 0 Å². The first kappa shape index (κ1) is 33.2. The van der Waals surface area contributed by atoms with Crippen molar-refractivity contribution >= 4 is 45.8 Å². The maximum Gasteiger partial charge on any atom is 0.204 e. The number of aryl methyl sites for hydroxylation is 1. The molecule has 1 aliphatic carbocycles. The first-order chi connectivity index (χ1) is 19.9. The minimum Gasteiger partial charge on any atom is -0.397 e. The van der Waals surface area contributed by atoms with E-state index in [1.807, 2.05) is 62.8 Å². The molecule has 0 saturated carbocycles. The number of halogens is 1. The van der Waals surface area contributed by atoms with E-state index in [0.717, 1.165) is 48.8 Å². The van der Waals surface area contributed by atoms with Gasteiger partial charge in [-0.15, -0.1) is 11.6 Å². The summed E-state index contributed by atoms with van der Waals surface area (Å²) in [5.74, 6) is -0.177. The fourth-order valence-corrected chi connectivity index (χ4v) is 4.22. The van der Waals surface area contributed by atoms with Crippen molar-refractivity contribution in [3.8, 4) is 0 Å². The highest BCUT2D eigenvalue weighted by molar-refractivity contribution is 6.23. The zero-order valence-corrected chi connectivity index (χ0v) is 25.8. The summed E-state index contributed by atoms with van der Waals surface area (Å²) < 4.78 is 2.06. The first-order valence-electron chi connectivity index (χ1n) is 14.1. The van der Waals surface area contributed by atoms with E-state index < -0.39 is 0 Å². The Balaban J connectivity index is 0.00000141. The Hall–Kier alpha value is -4.04. The number of aliphatic imine (C=N–C) groups is 1. The Morgan fingerprint density at radius 1 is 1.02 bits per heavy atom. The molecule has 0 aliphatic heterocycles. The van der Waals surface area contributed by atoms with Crippen LogP contribution in [0.5, 0.6) is 0 Å². The molecule has 0 fully saturated rings. The number of rotatable bonds is 11. The fourth-order valence-electron chi connectivity index (χ4n) is 4.22. The predicted octanol–water partition coefficient (Wildman–Crippen LogP) is 7.00. The number of carbonyl (C=O) groups is 1. The summed E-state index contributed by atoms with van der Waals surface area (Å²) >= 11 is 4.64. The van der Waals surface area contributed by atoms with E-state index in [2.05, 4.69) is 69.6 Å². The van der Waals surface area contributed by atoms with Crippen LogP contribution in [0.3, 0.4) is 0 Å². The number of carbonyl (C=O) groups excluding carboxylic acids is 1. The molecule has 4 N–H and O–H groups in total. The molecule has 1 heterocycles. The van der Waals surface area contributed by atoms with Crippen molar-refractivity contribution in [1.29, 1.82) is 0 Å². The van der Waals surface area contributed by atoms with E-state index in [1.165, 1.54) is 12.5 Å². The van der Waals surface area contributed by atoms with Gasteiger partial charge in [-0.25, -0.2) is 9.98 Å². The second kappa shape index (κ2) is 17.6. The van der Waals surface area contributed by atoms with Gasteiger partial charge in [0, 0.05) is 67.6 Å². The summed E-state index contributed by atoms with van der Waals surface area (Å²) in [6, 6.07) is 16.4. The van der Waals surface area contributed by atoms with Crippen molar-refractivity contribution in [3.63, 3.8) is 0 Å². The number of nitrogens with zero attached hydrogens (tertiary/aromatic N) is 4. The standard InChI is InChI=1S/C29H35N7O.C2H6.CH3Cl/c1-4-36(21(2)3)25-12-10-24(11-13-25)33-27-19-28(29(37)18-26(27)30)34-23-8-6-22(7-9-23)32-14-5-16-35-17-15-31-20-35;2*1-2/h6-13,15,17-21,32,34H,4-5,14,16,30H2,1-3H3;1-2H3;1H3. The van der Waals surface area contributed by atoms with E-state index in [0.29, 0.717) is 23.1 Å². The topological polar surface area (TPSA) is 101 Å². The SMILES string of the molecule is CC.CCN(c1ccc(N=C2C=C(Nc3ccc(NCCCn4ccnc4)cc3)C(=O)C=C2N)cc1)C(C)C.CCl. The van der Waals surface area contributed by atoms with Crippen LogP contribution in [0.15, 0.2) is 95.8 Å². The third-order valence-electron chi connectivity index (χ3n) is 6.17. The van der Waals surface area contributed by atoms with Crippen LogP contribution in [-0.2, 0) is 11.3 Å². The number of alkyl halides is 1. The van der Waals surface area contributed by atoms with Crippen LogP contribution >= 0.6 is 11.6 Å². The van der Waals surface area contributed by atoms with Crippen LogP contribution in [0, 0.1) is 0 Å². The van der Waals surface area contributed by atoms with Crippen LogP contribution in [0.25, 0.3) is 0 Å². The molecule has 41 heavy (non-hydrogen) atoms. The Kier molecular flexibility index (Phi) is 14.2. The van der Waals surface area contributed by atoms with Gasteiger partial charge >= 0.3 is 0 Å². The Morgan fingerprint density at radius 2 is 1.68 bits per heavy atom. The fraction of sp³-hybridized carbons (Fsp3) is 0.344. The number of hydrogen-bond donors (Lipinski definition) is 3. The first-order valence-corrected chi connectivity index (χ1v) is 14.8. The molecule has 220 valence electrons. The van der Waals surface area contributed by atoms with E-state index in [1.54, 1.807) is 12.3 Å². The third-order valence-corrected chi connectivity index (χ3v) is 6.17. The number of aromatic nitrogens is 2.